The standard InChI is InChI=1S/C22H24ClN7OS/c1-13-14(2)29(17-5-3-4-6-17)21(18(13)11-24)26-19(31)12-32-22-28-27-20(30(22)25)15-7-9-16(23)10-8-15/h7-10,17H,3-6,12,25H2,1-2H3,(H,26,31). The molecule has 1 saturated carbocycles. The summed E-state index contributed by atoms with van der Waals surface area (Å²) in [5.74, 6) is 7.09. The van der Waals surface area contributed by atoms with Crippen LogP contribution in [0.3, 0.4) is 0 Å². The highest BCUT2D eigenvalue weighted by atomic mass is 35.5. The van der Waals surface area contributed by atoms with E-state index in [-0.39, 0.29) is 11.7 Å². The van der Waals surface area contributed by atoms with E-state index >= 15 is 0 Å². The van der Waals surface area contributed by atoms with Gasteiger partial charge in [0.1, 0.15) is 11.9 Å². The van der Waals surface area contributed by atoms with Gasteiger partial charge in [-0.1, -0.05) is 36.2 Å². The lowest BCUT2D eigenvalue weighted by Gasteiger charge is -2.19. The molecule has 32 heavy (non-hydrogen) atoms. The Morgan fingerprint density at radius 3 is 2.62 bits per heavy atom. The monoisotopic (exact) mass is 469 g/mol. The summed E-state index contributed by atoms with van der Waals surface area (Å²) in [6, 6.07) is 9.70. The number of anilines is 1. The van der Waals surface area contributed by atoms with E-state index in [9.17, 15) is 10.1 Å². The van der Waals surface area contributed by atoms with Crippen LogP contribution in [-0.4, -0.2) is 31.1 Å². The van der Waals surface area contributed by atoms with Crippen LogP contribution in [0.15, 0.2) is 29.4 Å². The molecule has 0 bridgehead atoms. The Balaban J connectivity index is 1.49. The molecule has 166 valence electrons. The van der Waals surface area contributed by atoms with Crippen LogP contribution in [0.2, 0.25) is 5.02 Å². The highest BCUT2D eigenvalue weighted by molar-refractivity contribution is 7.99. The second kappa shape index (κ2) is 9.27. The molecular formula is C22H24ClN7OS. The number of benzene rings is 1. The molecule has 2 heterocycles. The maximum Gasteiger partial charge on any atom is 0.235 e. The van der Waals surface area contributed by atoms with E-state index in [0.29, 0.717) is 33.4 Å². The van der Waals surface area contributed by atoms with Crippen molar-refractivity contribution in [3.8, 4) is 17.5 Å². The van der Waals surface area contributed by atoms with Crippen molar-refractivity contribution >= 4 is 35.1 Å². The molecule has 1 fully saturated rings. The minimum Gasteiger partial charge on any atom is -0.335 e. The number of nitrogens with two attached hydrogens (primary N) is 1. The van der Waals surface area contributed by atoms with Crippen molar-refractivity contribution in [3.05, 3.63) is 46.1 Å². The SMILES string of the molecule is Cc1c(C#N)c(NC(=O)CSc2nnc(-c3ccc(Cl)cc3)n2N)n(C2CCCC2)c1C. The van der Waals surface area contributed by atoms with Gasteiger partial charge in [-0.05, 0) is 56.5 Å². The third-order valence-electron chi connectivity index (χ3n) is 5.92. The van der Waals surface area contributed by atoms with Gasteiger partial charge < -0.3 is 15.7 Å². The van der Waals surface area contributed by atoms with Crippen molar-refractivity contribution in [3.63, 3.8) is 0 Å². The number of hydrogen-bond acceptors (Lipinski definition) is 6. The molecule has 0 spiro atoms. The Hall–Kier alpha value is -2.96. The van der Waals surface area contributed by atoms with Gasteiger partial charge in [-0.3, -0.25) is 4.79 Å². The average molecular weight is 470 g/mol. The van der Waals surface area contributed by atoms with Crippen LogP contribution in [0.5, 0.6) is 0 Å². The van der Waals surface area contributed by atoms with Crippen LogP contribution in [0.1, 0.15) is 48.5 Å². The Bertz CT molecular complexity index is 1190. The molecule has 0 unspecified atom stereocenters. The molecule has 3 N–H and O–H groups in total. The number of hydrogen-bond donors (Lipinski definition) is 2. The zero-order valence-electron chi connectivity index (χ0n) is 17.9. The number of nitriles is 1. The van der Waals surface area contributed by atoms with Gasteiger partial charge in [0.05, 0.1) is 11.3 Å². The fraction of sp³-hybridized carbons (Fsp3) is 0.364. The predicted molar refractivity (Wildman–Crippen MR) is 126 cm³/mol. The maximum absolute atomic E-state index is 12.8. The van der Waals surface area contributed by atoms with E-state index in [1.807, 2.05) is 26.0 Å². The molecule has 1 aliphatic carbocycles. The van der Waals surface area contributed by atoms with Crippen LogP contribution in [0, 0.1) is 25.2 Å². The van der Waals surface area contributed by atoms with Crippen molar-refractivity contribution in [2.24, 2.45) is 0 Å². The summed E-state index contributed by atoms with van der Waals surface area (Å²) < 4.78 is 3.49. The van der Waals surface area contributed by atoms with Crippen LogP contribution in [0.4, 0.5) is 5.82 Å². The first kappa shape index (κ1) is 22.2. The smallest absolute Gasteiger partial charge is 0.235 e. The van der Waals surface area contributed by atoms with Crippen LogP contribution < -0.4 is 11.2 Å². The lowest BCUT2D eigenvalue weighted by Crippen LogP contribution is -2.20. The first-order chi connectivity index (χ1) is 15.4. The van der Waals surface area contributed by atoms with Crippen LogP contribution >= 0.6 is 23.4 Å². The summed E-state index contributed by atoms with van der Waals surface area (Å²) in [6.07, 6.45) is 4.44. The number of halogens is 1. The number of nitrogens with one attached hydrogen (secondary N) is 1. The van der Waals surface area contributed by atoms with Gasteiger partial charge in [-0.2, -0.15) is 5.26 Å². The van der Waals surface area contributed by atoms with Gasteiger partial charge >= 0.3 is 0 Å². The van der Waals surface area contributed by atoms with E-state index in [0.717, 1.165) is 42.5 Å². The maximum atomic E-state index is 12.8. The van der Waals surface area contributed by atoms with Gasteiger partial charge in [0, 0.05) is 22.3 Å². The zero-order chi connectivity index (χ0) is 22.8. The second-order valence-electron chi connectivity index (χ2n) is 7.87. The molecule has 8 nitrogen and oxygen atoms in total. The molecule has 0 saturated heterocycles. The Kier molecular flexibility index (Phi) is 6.44. The van der Waals surface area contributed by atoms with E-state index < -0.39 is 0 Å². The Morgan fingerprint density at radius 2 is 1.97 bits per heavy atom. The molecule has 3 aromatic rings. The fourth-order valence-electron chi connectivity index (χ4n) is 4.18. The number of nitrogens with zero attached hydrogens (tertiary/aromatic N) is 5. The highest BCUT2D eigenvalue weighted by Gasteiger charge is 2.27. The fourth-order valence-corrected chi connectivity index (χ4v) is 4.96. The summed E-state index contributed by atoms with van der Waals surface area (Å²) >= 11 is 7.13. The first-order valence-corrected chi connectivity index (χ1v) is 11.8. The Labute approximate surface area is 195 Å². The minimum absolute atomic E-state index is 0.0920. The largest absolute Gasteiger partial charge is 0.335 e. The van der Waals surface area contributed by atoms with Crippen LogP contribution in [0.25, 0.3) is 11.4 Å². The summed E-state index contributed by atoms with van der Waals surface area (Å²) in [7, 11) is 0. The number of carbonyl (C=O) groups is 1. The number of amides is 1. The summed E-state index contributed by atoms with van der Waals surface area (Å²) in [5, 5.41) is 21.9. The minimum atomic E-state index is -0.223. The van der Waals surface area contributed by atoms with Crippen molar-refractivity contribution in [1.82, 2.24) is 19.4 Å². The number of thioether (sulfide) groups is 1. The third kappa shape index (κ3) is 4.20. The molecule has 10 heteroatoms. The normalized spacial score (nSPS) is 13.9. The summed E-state index contributed by atoms with van der Waals surface area (Å²) in [4.78, 5) is 12.8. The van der Waals surface area contributed by atoms with Crippen molar-refractivity contribution in [1.29, 1.82) is 5.26 Å². The number of nitrogen functional groups attached to an aromatic ring is 1. The van der Waals surface area contributed by atoms with E-state index in [1.165, 1.54) is 16.4 Å². The average Bonchev–Trinajstić information content (AvgIpc) is 3.48. The molecule has 0 atom stereocenters. The van der Waals surface area contributed by atoms with Gasteiger partial charge in [0.2, 0.25) is 11.1 Å². The quantitative estimate of drug-likeness (QED) is 0.407. The van der Waals surface area contributed by atoms with Crippen molar-refractivity contribution < 1.29 is 4.79 Å². The third-order valence-corrected chi connectivity index (χ3v) is 7.11. The summed E-state index contributed by atoms with van der Waals surface area (Å²) in [5.41, 5.74) is 3.25. The first-order valence-electron chi connectivity index (χ1n) is 10.4. The van der Waals surface area contributed by atoms with Gasteiger partial charge in [0.15, 0.2) is 5.82 Å². The van der Waals surface area contributed by atoms with E-state index in [1.54, 1.807) is 12.1 Å². The summed E-state index contributed by atoms with van der Waals surface area (Å²) in [6.45, 7) is 3.94. The number of rotatable bonds is 6. The Morgan fingerprint density at radius 1 is 1.28 bits per heavy atom. The molecule has 1 amide bonds. The zero-order valence-corrected chi connectivity index (χ0v) is 19.5. The lowest BCUT2D eigenvalue weighted by molar-refractivity contribution is -0.113. The molecule has 2 aromatic heterocycles. The molecule has 4 rings (SSSR count). The van der Waals surface area contributed by atoms with E-state index in [2.05, 4.69) is 26.2 Å². The molecule has 0 radical (unpaired) electrons. The van der Waals surface area contributed by atoms with Gasteiger partial charge in [-0.15, -0.1) is 10.2 Å². The molecular weight excluding hydrogens is 446 g/mol. The highest BCUT2D eigenvalue weighted by Crippen LogP contribution is 2.37. The molecule has 1 aliphatic rings. The van der Waals surface area contributed by atoms with Crippen LogP contribution in [-0.2, 0) is 4.79 Å². The van der Waals surface area contributed by atoms with E-state index in [4.69, 9.17) is 17.4 Å². The van der Waals surface area contributed by atoms with Gasteiger partial charge in [0.25, 0.3) is 0 Å². The second-order valence-corrected chi connectivity index (χ2v) is 9.25. The molecule has 1 aromatic carbocycles. The predicted octanol–water partition coefficient (Wildman–Crippen LogP) is 4.45. The van der Waals surface area contributed by atoms with Gasteiger partial charge in [-0.25, -0.2) is 4.68 Å². The molecule has 0 aliphatic heterocycles. The topological polar surface area (TPSA) is 115 Å². The number of aromatic nitrogens is 4. The lowest BCUT2D eigenvalue weighted by atomic mass is 10.2. The van der Waals surface area contributed by atoms with Crippen molar-refractivity contribution in [2.45, 2.75) is 50.7 Å². The van der Waals surface area contributed by atoms with Crippen molar-refractivity contribution in [2.75, 3.05) is 16.9 Å². The number of carbonyl (C=O) groups excluding carboxylic acids is 1.